The molecule has 4 heteroatoms. The number of rotatable bonds is 2. The minimum absolute atomic E-state index is 0.201. The summed E-state index contributed by atoms with van der Waals surface area (Å²) in [6.07, 6.45) is 2.54. The first-order valence-corrected chi connectivity index (χ1v) is 4.89. The molecule has 2 rings (SSSR count). The first kappa shape index (κ1) is 9.71. The molecule has 78 valence electrons. The van der Waals surface area contributed by atoms with E-state index in [2.05, 4.69) is 4.98 Å². The minimum Gasteiger partial charge on any atom is -0.360 e. The Morgan fingerprint density at radius 3 is 2.80 bits per heavy atom. The van der Waals surface area contributed by atoms with Crippen LogP contribution in [0, 0.1) is 17.0 Å². The lowest BCUT2D eigenvalue weighted by molar-refractivity contribution is -0.385. The van der Waals surface area contributed by atoms with Gasteiger partial charge in [-0.2, -0.15) is 0 Å². The maximum atomic E-state index is 10.8. The van der Waals surface area contributed by atoms with Gasteiger partial charge in [-0.1, -0.05) is 6.92 Å². The molecule has 1 heterocycles. The molecule has 0 radical (unpaired) electrons. The molecule has 0 bridgehead atoms. The molecule has 0 aliphatic carbocycles. The standard InChI is InChI=1S/C11H12N2O2/c1-3-8-10(13(14)15)5-4-9-7(2)6-12-11(8)9/h4-6,12H,3H2,1-2H3. The van der Waals surface area contributed by atoms with Gasteiger partial charge in [0.25, 0.3) is 5.69 Å². The maximum absolute atomic E-state index is 10.8. The van der Waals surface area contributed by atoms with Crippen molar-refractivity contribution in [2.24, 2.45) is 0 Å². The molecule has 2 aromatic rings. The fourth-order valence-corrected chi connectivity index (χ4v) is 1.92. The summed E-state index contributed by atoms with van der Waals surface area (Å²) in [5, 5.41) is 11.9. The molecule has 15 heavy (non-hydrogen) atoms. The zero-order chi connectivity index (χ0) is 11.0. The Morgan fingerprint density at radius 2 is 2.20 bits per heavy atom. The number of aryl methyl sites for hydroxylation is 2. The van der Waals surface area contributed by atoms with Crippen LogP contribution in [0.3, 0.4) is 0 Å². The van der Waals surface area contributed by atoms with Crippen molar-refractivity contribution in [3.8, 4) is 0 Å². The highest BCUT2D eigenvalue weighted by Gasteiger charge is 2.16. The van der Waals surface area contributed by atoms with E-state index in [-0.39, 0.29) is 10.6 Å². The Kier molecular flexibility index (Phi) is 2.19. The van der Waals surface area contributed by atoms with Gasteiger partial charge in [-0.15, -0.1) is 0 Å². The van der Waals surface area contributed by atoms with Crippen molar-refractivity contribution < 1.29 is 4.92 Å². The molecule has 1 aromatic heterocycles. The van der Waals surface area contributed by atoms with Gasteiger partial charge in [0.05, 0.1) is 16.0 Å². The third kappa shape index (κ3) is 1.38. The Hall–Kier alpha value is -1.84. The van der Waals surface area contributed by atoms with Crippen LogP contribution >= 0.6 is 0 Å². The number of aromatic nitrogens is 1. The van der Waals surface area contributed by atoms with Crippen LogP contribution in [0.2, 0.25) is 0 Å². The Morgan fingerprint density at radius 1 is 1.47 bits per heavy atom. The second-order valence-corrected chi connectivity index (χ2v) is 3.57. The fraction of sp³-hybridized carbons (Fsp3) is 0.273. The van der Waals surface area contributed by atoms with Crippen LogP contribution in [-0.4, -0.2) is 9.91 Å². The van der Waals surface area contributed by atoms with Gasteiger partial charge in [0.2, 0.25) is 0 Å². The Bertz CT molecular complexity index is 529. The lowest BCUT2D eigenvalue weighted by Gasteiger charge is -2.01. The van der Waals surface area contributed by atoms with Crippen LogP contribution < -0.4 is 0 Å². The summed E-state index contributed by atoms with van der Waals surface area (Å²) in [6, 6.07) is 3.39. The third-order valence-electron chi connectivity index (χ3n) is 2.70. The number of hydrogen-bond donors (Lipinski definition) is 1. The average Bonchev–Trinajstić information content (AvgIpc) is 2.59. The van der Waals surface area contributed by atoms with Crippen molar-refractivity contribution in [2.75, 3.05) is 0 Å². The smallest absolute Gasteiger partial charge is 0.274 e. The number of aromatic amines is 1. The van der Waals surface area contributed by atoms with Crippen LogP contribution in [0.1, 0.15) is 18.1 Å². The molecule has 0 aliphatic heterocycles. The number of nitro benzene ring substituents is 1. The summed E-state index contributed by atoms with van der Waals surface area (Å²) in [6.45, 7) is 3.92. The monoisotopic (exact) mass is 204 g/mol. The molecule has 0 fully saturated rings. The fourth-order valence-electron chi connectivity index (χ4n) is 1.92. The number of hydrogen-bond acceptors (Lipinski definition) is 2. The van der Waals surface area contributed by atoms with Crippen LogP contribution in [-0.2, 0) is 6.42 Å². The normalized spacial score (nSPS) is 10.8. The molecule has 0 atom stereocenters. The van der Waals surface area contributed by atoms with E-state index in [0.29, 0.717) is 6.42 Å². The van der Waals surface area contributed by atoms with Gasteiger partial charge in [0, 0.05) is 17.6 Å². The maximum Gasteiger partial charge on any atom is 0.274 e. The topological polar surface area (TPSA) is 58.9 Å². The van der Waals surface area contributed by atoms with E-state index in [0.717, 1.165) is 22.0 Å². The number of H-pyrrole nitrogens is 1. The molecular weight excluding hydrogens is 192 g/mol. The second kappa shape index (κ2) is 3.38. The molecule has 1 N–H and O–H groups in total. The first-order chi connectivity index (χ1) is 7.15. The molecule has 0 spiro atoms. The van der Waals surface area contributed by atoms with E-state index in [1.165, 1.54) is 0 Å². The van der Waals surface area contributed by atoms with Crippen molar-refractivity contribution in [1.29, 1.82) is 0 Å². The summed E-state index contributed by atoms with van der Waals surface area (Å²) in [5.74, 6) is 0. The SMILES string of the molecule is CCc1c([N+](=O)[O-])ccc2c(C)c[nH]c12. The van der Waals surface area contributed by atoms with Gasteiger partial charge in [0.15, 0.2) is 0 Å². The minimum atomic E-state index is -0.325. The summed E-state index contributed by atoms with van der Waals surface area (Å²) in [4.78, 5) is 13.6. The predicted molar refractivity (Wildman–Crippen MR) is 59.1 cm³/mol. The zero-order valence-corrected chi connectivity index (χ0v) is 8.70. The van der Waals surface area contributed by atoms with Gasteiger partial charge in [-0.3, -0.25) is 10.1 Å². The summed E-state index contributed by atoms with van der Waals surface area (Å²) in [5.41, 5.74) is 3.00. The number of fused-ring (bicyclic) bond motifs is 1. The van der Waals surface area contributed by atoms with Crippen molar-refractivity contribution >= 4 is 16.6 Å². The highest BCUT2D eigenvalue weighted by atomic mass is 16.6. The molecule has 0 amide bonds. The largest absolute Gasteiger partial charge is 0.360 e. The zero-order valence-electron chi connectivity index (χ0n) is 8.70. The highest BCUT2D eigenvalue weighted by Crippen LogP contribution is 2.29. The van der Waals surface area contributed by atoms with Gasteiger partial charge in [0.1, 0.15) is 0 Å². The quantitative estimate of drug-likeness (QED) is 0.604. The molecule has 1 aromatic carbocycles. The molecule has 0 unspecified atom stereocenters. The van der Waals surface area contributed by atoms with Crippen molar-refractivity contribution in [1.82, 2.24) is 4.98 Å². The third-order valence-corrected chi connectivity index (χ3v) is 2.70. The predicted octanol–water partition coefficient (Wildman–Crippen LogP) is 2.95. The van der Waals surface area contributed by atoms with E-state index < -0.39 is 0 Å². The second-order valence-electron chi connectivity index (χ2n) is 3.57. The summed E-state index contributed by atoms with van der Waals surface area (Å²) < 4.78 is 0. The van der Waals surface area contributed by atoms with Gasteiger partial charge >= 0.3 is 0 Å². The number of nitrogens with zero attached hydrogens (tertiary/aromatic N) is 1. The van der Waals surface area contributed by atoms with E-state index in [4.69, 9.17) is 0 Å². The van der Waals surface area contributed by atoms with E-state index in [9.17, 15) is 10.1 Å². The van der Waals surface area contributed by atoms with E-state index in [1.54, 1.807) is 12.1 Å². The Labute approximate surface area is 87.1 Å². The van der Waals surface area contributed by atoms with Crippen LogP contribution in [0.4, 0.5) is 5.69 Å². The van der Waals surface area contributed by atoms with Crippen molar-refractivity contribution in [3.05, 3.63) is 39.6 Å². The van der Waals surface area contributed by atoms with Crippen LogP contribution in [0.15, 0.2) is 18.3 Å². The number of nitrogens with one attached hydrogen (secondary N) is 1. The van der Waals surface area contributed by atoms with Gasteiger partial charge < -0.3 is 4.98 Å². The Balaban J connectivity index is 2.82. The summed E-state index contributed by atoms with van der Waals surface area (Å²) >= 11 is 0. The summed E-state index contributed by atoms with van der Waals surface area (Å²) in [7, 11) is 0. The molecule has 4 nitrogen and oxygen atoms in total. The molecule has 0 saturated carbocycles. The molecule has 0 saturated heterocycles. The average molecular weight is 204 g/mol. The lowest BCUT2D eigenvalue weighted by atomic mass is 10.1. The van der Waals surface area contributed by atoms with Crippen molar-refractivity contribution in [3.63, 3.8) is 0 Å². The number of benzene rings is 1. The highest BCUT2D eigenvalue weighted by molar-refractivity contribution is 5.88. The number of nitro groups is 1. The molecule has 0 aliphatic rings. The lowest BCUT2D eigenvalue weighted by Crippen LogP contribution is -1.95. The first-order valence-electron chi connectivity index (χ1n) is 4.89. The van der Waals surface area contributed by atoms with Crippen LogP contribution in [0.5, 0.6) is 0 Å². The van der Waals surface area contributed by atoms with Gasteiger partial charge in [-0.05, 0) is 25.0 Å². The van der Waals surface area contributed by atoms with E-state index >= 15 is 0 Å². The van der Waals surface area contributed by atoms with Gasteiger partial charge in [-0.25, -0.2) is 0 Å². The van der Waals surface area contributed by atoms with E-state index in [1.807, 2.05) is 20.0 Å². The molecular formula is C11H12N2O2. The van der Waals surface area contributed by atoms with Crippen LogP contribution in [0.25, 0.3) is 10.9 Å². The van der Waals surface area contributed by atoms with Crippen molar-refractivity contribution in [2.45, 2.75) is 20.3 Å².